The zero-order valence-electron chi connectivity index (χ0n) is 13.9. The maximum atomic E-state index is 3.78. The molecular weight excluding hydrogens is 280 g/mol. The summed E-state index contributed by atoms with van der Waals surface area (Å²) in [6, 6.07) is 23.9. The van der Waals surface area contributed by atoms with Gasteiger partial charge in [-0.05, 0) is 37.4 Å². The average molecular weight is 306 g/mol. The maximum Gasteiger partial charge on any atom is 0.0333 e. The van der Waals surface area contributed by atoms with Gasteiger partial charge in [-0.25, -0.2) is 0 Å². The molecule has 2 aliphatic heterocycles. The van der Waals surface area contributed by atoms with E-state index in [4.69, 9.17) is 0 Å². The van der Waals surface area contributed by atoms with Crippen LogP contribution in [0.1, 0.15) is 36.8 Å². The molecule has 0 saturated carbocycles. The molecule has 120 valence electrons. The third-order valence-corrected chi connectivity index (χ3v) is 5.70. The summed E-state index contributed by atoms with van der Waals surface area (Å²) in [5.74, 6) is 0.443. The van der Waals surface area contributed by atoms with Gasteiger partial charge in [-0.15, -0.1) is 0 Å². The second kappa shape index (κ2) is 6.46. The van der Waals surface area contributed by atoms with Crippen molar-refractivity contribution in [3.63, 3.8) is 0 Å². The minimum Gasteiger partial charge on any atom is -0.311 e. The van der Waals surface area contributed by atoms with Crippen molar-refractivity contribution in [1.29, 1.82) is 0 Å². The number of fused-ring (bicyclic) bond motifs is 1. The summed E-state index contributed by atoms with van der Waals surface area (Å²) in [6.07, 6.45) is 2.67. The standard InChI is InChI=1S/C21H26N2/c1-16-19-13-8-14-23(19)20(15-22-16)21(17-9-4-2-5-10-17)18-11-6-3-7-12-18/h2-7,9-12,16,19-22H,8,13-15H2,1H3/t16-,19-,20-/m0/s1. The summed E-state index contributed by atoms with van der Waals surface area (Å²) in [6.45, 7) is 4.67. The second-order valence-electron chi connectivity index (χ2n) is 7.01. The number of benzene rings is 2. The monoisotopic (exact) mass is 306 g/mol. The zero-order chi connectivity index (χ0) is 15.6. The Bertz CT molecular complexity index is 585. The Hall–Kier alpha value is -1.64. The van der Waals surface area contributed by atoms with Gasteiger partial charge in [0.15, 0.2) is 0 Å². The van der Waals surface area contributed by atoms with Crippen molar-refractivity contribution < 1.29 is 0 Å². The first-order valence-corrected chi connectivity index (χ1v) is 8.93. The molecule has 2 aromatic carbocycles. The summed E-state index contributed by atoms with van der Waals surface area (Å²) >= 11 is 0. The highest BCUT2D eigenvalue weighted by atomic mass is 15.3. The van der Waals surface area contributed by atoms with Crippen LogP contribution in [-0.4, -0.2) is 36.1 Å². The van der Waals surface area contributed by atoms with Gasteiger partial charge >= 0.3 is 0 Å². The zero-order valence-corrected chi connectivity index (χ0v) is 13.9. The summed E-state index contributed by atoms with van der Waals surface area (Å²) < 4.78 is 0. The van der Waals surface area contributed by atoms with E-state index in [1.165, 1.54) is 30.5 Å². The fraction of sp³-hybridized carbons (Fsp3) is 0.429. The normalized spacial score (nSPS) is 28.0. The molecule has 2 heterocycles. The highest BCUT2D eigenvalue weighted by molar-refractivity contribution is 5.35. The predicted molar refractivity (Wildman–Crippen MR) is 95.7 cm³/mol. The van der Waals surface area contributed by atoms with Gasteiger partial charge in [0.2, 0.25) is 0 Å². The molecule has 2 heteroatoms. The van der Waals surface area contributed by atoms with Crippen LogP contribution in [0.15, 0.2) is 60.7 Å². The lowest BCUT2D eigenvalue weighted by Crippen LogP contribution is -2.60. The van der Waals surface area contributed by atoms with Crippen molar-refractivity contribution in [3.8, 4) is 0 Å². The number of rotatable bonds is 3. The van der Waals surface area contributed by atoms with Gasteiger partial charge < -0.3 is 5.32 Å². The molecule has 0 radical (unpaired) electrons. The van der Waals surface area contributed by atoms with Gasteiger partial charge in [-0.2, -0.15) is 0 Å². The lowest BCUT2D eigenvalue weighted by atomic mass is 9.82. The molecule has 4 rings (SSSR count). The van der Waals surface area contributed by atoms with Crippen LogP contribution in [0.3, 0.4) is 0 Å². The lowest BCUT2D eigenvalue weighted by molar-refractivity contribution is 0.0957. The van der Waals surface area contributed by atoms with E-state index in [-0.39, 0.29) is 0 Å². The van der Waals surface area contributed by atoms with Crippen LogP contribution in [-0.2, 0) is 0 Å². The minimum absolute atomic E-state index is 0.443. The van der Waals surface area contributed by atoms with E-state index in [9.17, 15) is 0 Å². The van der Waals surface area contributed by atoms with E-state index in [1.54, 1.807) is 0 Å². The number of hydrogen-bond acceptors (Lipinski definition) is 2. The van der Waals surface area contributed by atoms with Gasteiger partial charge in [-0.3, -0.25) is 4.90 Å². The fourth-order valence-corrected chi connectivity index (χ4v) is 4.59. The molecule has 23 heavy (non-hydrogen) atoms. The molecule has 2 aliphatic rings. The Morgan fingerprint density at radius 3 is 2.17 bits per heavy atom. The summed E-state index contributed by atoms with van der Waals surface area (Å²) in [4.78, 5) is 2.78. The van der Waals surface area contributed by atoms with Crippen LogP contribution in [0.4, 0.5) is 0 Å². The minimum atomic E-state index is 0.443. The number of hydrogen-bond donors (Lipinski definition) is 1. The van der Waals surface area contributed by atoms with E-state index in [1.807, 2.05) is 0 Å². The van der Waals surface area contributed by atoms with Crippen molar-refractivity contribution in [2.75, 3.05) is 13.1 Å². The summed E-state index contributed by atoms with van der Waals surface area (Å²) in [7, 11) is 0. The molecule has 0 spiro atoms. The molecule has 3 atom stereocenters. The molecule has 1 N–H and O–H groups in total. The molecule has 2 aromatic rings. The quantitative estimate of drug-likeness (QED) is 0.931. The number of piperazine rings is 1. The van der Waals surface area contributed by atoms with Gasteiger partial charge in [0, 0.05) is 30.6 Å². The highest BCUT2D eigenvalue weighted by Gasteiger charge is 2.41. The van der Waals surface area contributed by atoms with Crippen LogP contribution in [0.5, 0.6) is 0 Å². The molecule has 0 bridgehead atoms. The SMILES string of the molecule is C[C@@H]1NC[C@@H](C(c2ccccc2)c2ccccc2)N2CCC[C@@H]12. The van der Waals surface area contributed by atoms with Crippen molar-refractivity contribution >= 4 is 0 Å². The Morgan fingerprint density at radius 2 is 1.57 bits per heavy atom. The van der Waals surface area contributed by atoms with Crippen LogP contribution < -0.4 is 5.32 Å². The lowest BCUT2D eigenvalue weighted by Gasteiger charge is -2.46. The number of nitrogens with one attached hydrogen (secondary N) is 1. The van der Waals surface area contributed by atoms with E-state index in [2.05, 4.69) is 77.8 Å². The van der Waals surface area contributed by atoms with E-state index in [0.29, 0.717) is 24.0 Å². The fourth-order valence-electron chi connectivity index (χ4n) is 4.59. The first kappa shape index (κ1) is 14.9. The first-order valence-electron chi connectivity index (χ1n) is 8.93. The Morgan fingerprint density at radius 1 is 0.957 bits per heavy atom. The molecule has 0 aliphatic carbocycles. The Balaban J connectivity index is 1.73. The Kier molecular flexibility index (Phi) is 4.19. The Labute approximate surface area is 139 Å². The molecule has 2 nitrogen and oxygen atoms in total. The smallest absolute Gasteiger partial charge is 0.0333 e. The van der Waals surface area contributed by atoms with Crippen LogP contribution in [0, 0.1) is 0 Å². The largest absolute Gasteiger partial charge is 0.311 e. The van der Waals surface area contributed by atoms with E-state index < -0.39 is 0 Å². The highest BCUT2D eigenvalue weighted by Crippen LogP contribution is 2.36. The summed E-state index contributed by atoms with van der Waals surface area (Å²) in [5.41, 5.74) is 2.87. The third kappa shape index (κ3) is 2.82. The molecule has 2 fully saturated rings. The molecule has 0 aromatic heterocycles. The van der Waals surface area contributed by atoms with Crippen LogP contribution >= 0.6 is 0 Å². The molecular formula is C21H26N2. The molecule has 2 saturated heterocycles. The van der Waals surface area contributed by atoms with Crippen LogP contribution in [0.2, 0.25) is 0 Å². The maximum absolute atomic E-state index is 3.78. The second-order valence-corrected chi connectivity index (χ2v) is 7.01. The van der Waals surface area contributed by atoms with Gasteiger partial charge in [-0.1, -0.05) is 60.7 Å². The van der Waals surface area contributed by atoms with Crippen molar-refractivity contribution in [2.45, 2.75) is 43.8 Å². The molecule has 0 unspecified atom stereocenters. The van der Waals surface area contributed by atoms with E-state index in [0.717, 1.165) is 6.54 Å². The van der Waals surface area contributed by atoms with Crippen LogP contribution in [0.25, 0.3) is 0 Å². The topological polar surface area (TPSA) is 15.3 Å². The average Bonchev–Trinajstić information content (AvgIpc) is 3.10. The summed E-state index contributed by atoms with van der Waals surface area (Å²) in [5, 5.41) is 3.78. The van der Waals surface area contributed by atoms with E-state index >= 15 is 0 Å². The number of nitrogens with zero attached hydrogens (tertiary/aromatic N) is 1. The van der Waals surface area contributed by atoms with Crippen molar-refractivity contribution in [1.82, 2.24) is 10.2 Å². The van der Waals surface area contributed by atoms with Gasteiger partial charge in [0.05, 0.1) is 0 Å². The predicted octanol–water partition coefficient (Wildman–Crippen LogP) is 3.64. The van der Waals surface area contributed by atoms with Gasteiger partial charge in [0.1, 0.15) is 0 Å². The third-order valence-electron chi connectivity index (χ3n) is 5.70. The van der Waals surface area contributed by atoms with Crippen molar-refractivity contribution in [2.24, 2.45) is 0 Å². The molecule has 0 amide bonds. The van der Waals surface area contributed by atoms with Crippen molar-refractivity contribution in [3.05, 3.63) is 71.8 Å². The first-order chi connectivity index (χ1) is 11.3. The van der Waals surface area contributed by atoms with Gasteiger partial charge in [0.25, 0.3) is 0 Å².